The van der Waals surface area contributed by atoms with Crippen LogP contribution in [0.15, 0.2) is 61.9 Å². The van der Waals surface area contributed by atoms with Gasteiger partial charge in [-0.15, -0.1) is 0 Å². The Hall–Kier alpha value is -3.39. The first-order valence-electron chi connectivity index (χ1n) is 9.83. The number of esters is 1. The van der Waals surface area contributed by atoms with Gasteiger partial charge < -0.3 is 13.9 Å². The minimum absolute atomic E-state index is 0.229. The highest BCUT2D eigenvalue weighted by atomic mass is 32.1. The van der Waals surface area contributed by atoms with E-state index in [4.69, 9.17) is 13.9 Å². The van der Waals surface area contributed by atoms with Crippen molar-refractivity contribution >= 4 is 23.4 Å². The van der Waals surface area contributed by atoms with E-state index in [9.17, 15) is 9.59 Å². The molecule has 1 aliphatic rings. The highest BCUT2D eigenvalue weighted by Gasteiger charge is 2.33. The second kappa shape index (κ2) is 8.39. The number of methoxy groups -OCH3 is 1. The minimum atomic E-state index is -0.651. The van der Waals surface area contributed by atoms with Crippen LogP contribution in [0.25, 0.3) is 6.08 Å². The molecule has 160 valence electrons. The van der Waals surface area contributed by atoms with E-state index in [0.717, 1.165) is 11.3 Å². The molecule has 8 heteroatoms. The topological polar surface area (TPSA) is 83.0 Å². The number of fused-ring (bicyclic) bond motifs is 1. The first-order chi connectivity index (χ1) is 14.9. The fraction of sp³-hybridized carbons (Fsp3) is 0.261. The van der Waals surface area contributed by atoms with Crippen LogP contribution in [0.1, 0.15) is 37.0 Å². The Balaban J connectivity index is 1.94. The van der Waals surface area contributed by atoms with Crippen molar-refractivity contribution in [1.29, 1.82) is 0 Å². The lowest BCUT2D eigenvalue weighted by Gasteiger charge is -2.24. The van der Waals surface area contributed by atoms with Crippen LogP contribution >= 0.6 is 11.3 Å². The largest absolute Gasteiger partial charge is 0.497 e. The van der Waals surface area contributed by atoms with Crippen molar-refractivity contribution in [2.45, 2.75) is 26.8 Å². The molecule has 0 unspecified atom stereocenters. The molecular weight excluding hydrogens is 416 g/mol. The van der Waals surface area contributed by atoms with Gasteiger partial charge in [0.15, 0.2) is 4.80 Å². The number of allylic oxidation sites excluding steroid dienone is 1. The number of hydrogen-bond acceptors (Lipinski definition) is 7. The van der Waals surface area contributed by atoms with Crippen LogP contribution in [-0.2, 0) is 9.53 Å². The third-order valence-corrected chi connectivity index (χ3v) is 5.97. The molecule has 0 aliphatic carbocycles. The molecule has 31 heavy (non-hydrogen) atoms. The second-order valence-electron chi connectivity index (χ2n) is 7.02. The summed E-state index contributed by atoms with van der Waals surface area (Å²) in [5.41, 5.74) is 1.40. The predicted molar refractivity (Wildman–Crippen MR) is 117 cm³/mol. The summed E-state index contributed by atoms with van der Waals surface area (Å²) in [4.78, 5) is 31.3. The summed E-state index contributed by atoms with van der Waals surface area (Å²) >= 11 is 1.26. The summed E-state index contributed by atoms with van der Waals surface area (Å²) < 4.78 is 18.2. The van der Waals surface area contributed by atoms with Crippen molar-refractivity contribution in [3.05, 3.63) is 84.4 Å². The molecule has 0 bridgehead atoms. The maximum atomic E-state index is 13.4. The lowest BCUT2D eigenvalue weighted by molar-refractivity contribution is -0.139. The van der Waals surface area contributed by atoms with E-state index in [1.54, 1.807) is 43.7 Å². The number of carbonyl (C=O) groups is 1. The Morgan fingerprint density at radius 2 is 1.97 bits per heavy atom. The van der Waals surface area contributed by atoms with E-state index >= 15 is 0 Å². The molecule has 0 amide bonds. The Kier molecular flexibility index (Phi) is 5.65. The van der Waals surface area contributed by atoms with E-state index in [2.05, 4.69) is 4.99 Å². The molecule has 0 saturated heterocycles. The van der Waals surface area contributed by atoms with Crippen molar-refractivity contribution in [2.24, 2.45) is 4.99 Å². The Morgan fingerprint density at radius 1 is 1.23 bits per heavy atom. The summed E-state index contributed by atoms with van der Waals surface area (Å²) in [6, 6.07) is 10.3. The zero-order chi connectivity index (χ0) is 22.1. The van der Waals surface area contributed by atoms with Gasteiger partial charge in [0.2, 0.25) is 0 Å². The number of nitrogens with zero attached hydrogens (tertiary/aromatic N) is 2. The van der Waals surface area contributed by atoms with E-state index in [-0.39, 0.29) is 12.2 Å². The van der Waals surface area contributed by atoms with Crippen molar-refractivity contribution in [1.82, 2.24) is 4.57 Å². The number of benzene rings is 1. The summed E-state index contributed by atoms with van der Waals surface area (Å²) in [5, 5.41) is 0. The smallest absolute Gasteiger partial charge is 0.338 e. The highest BCUT2D eigenvalue weighted by molar-refractivity contribution is 7.07. The maximum absolute atomic E-state index is 13.4. The minimum Gasteiger partial charge on any atom is -0.497 e. The second-order valence-corrected chi connectivity index (χ2v) is 8.03. The number of rotatable bonds is 5. The fourth-order valence-corrected chi connectivity index (χ4v) is 4.58. The quantitative estimate of drug-likeness (QED) is 0.572. The van der Waals surface area contributed by atoms with Crippen LogP contribution in [0, 0.1) is 6.92 Å². The van der Waals surface area contributed by atoms with Gasteiger partial charge in [-0.2, -0.15) is 0 Å². The molecule has 4 rings (SSSR count). The van der Waals surface area contributed by atoms with Gasteiger partial charge in [-0.05, 0) is 50.6 Å². The fourth-order valence-electron chi connectivity index (χ4n) is 3.55. The van der Waals surface area contributed by atoms with E-state index < -0.39 is 12.0 Å². The molecule has 0 saturated carbocycles. The summed E-state index contributed by atoms with van der Waals surface area (Å²) in [6.07, 6.45) is 1.70. The van der Waals surface area contributed by atoms with Crippen LogP contribution in [0.3, 0.4) is 0 Å². The summed E-state index contributed by atoms with van der Waals surface area (Å²) in [6.45, 7) is 5.58. The molecule has 7 nitrogen and oxygen atoms in total. The Labute approximate surface area is 182 Å². The number of ether oxygens (including phenoxy) is 2. The van der Waals surface area contributed by atoms with Gasteiger partial charge in [0, 0.05) is 6.08 Å². The average Bonchev–Trinajstić information content (AvgIpc) is 3.30. The maximum Gasteiger partial charge on any atom is 0.338 e. The monoisotopic (exact) mass is 438 g/mol. The Bertz CT molecular complexity index is 1340. The van der Waals surface area contributed by atoms with Gasteiger partial charge in [0.25, 0.3) is 5.56 Å². The van der Waals surface area contributed by atoms with Gasteiger partial charge in [-0.3, -0.25) is 9.36 Å². The van der Waals surface area contributed by atoms with E-state index in [1.165, 1.54) is 11.3 Å². The van der Waals surface area contributed by atoms with E-state index in [1.807, 2.05) is 31.2 Å². The van der Waals surface area contributed by atoms with Gasteiger partial charge >= 0.3 is 5.97 Å². The number of aryl methyl sites for hydroxylation is 1. The lowest BCUT2D eigenvalue weighted by atomic mass is 9.96. The van der Waals surface area contributed by atoms with Crippen LogP contribution in [0.5, 0.6) is 5.75 Å². The average molecular weight is 439 g/mol. The van der Waals surface area contributed by atoms with Crippen molar-refractivity contribution in [2.75, 3.05) is 13.7 Å². The molecule has 2 aromatic heterocycles. The van der Waals surface area contributed by atoms with Crippen LogP contribution in [0.2, 0.25) is 0 Å². The van der Waals surface area contributed by atoms with Crippen LogP contribution in [0.4, 0.5) is 0 Å². The van der Waals surface area contributed by atoms with Gasteiger partial charge in [-0.1, -0.05) is 23.5 Å². The first kappa shape index (κ1) is 20.9. The highest BCUT2D eigenvalue weighted by Crippen LogP contribution is 2.31. The van der Waals surface area contributed by atoms with Crippen LogP contribution < -0.4 is 19.6 Å². The molecule has 0 radical (unpaired) electrons. The normalized spacial score (nSPS) is 16.1. The number of furan rings is 1. The number of carbonyl (C=O) groups excluding carboxylic acids is 1. The molecule has 3 heterocycles. The third kappa shape index (κ3) is 3.86. The van der Waals surface area contributed by atoms with Gasteiger partial charge in [0.1, 0.15) is 17.3 Å². The molecule has 1 aromatic carbocycles. The molecule has 1 atom stereocenters. The lowest BCUT2D eigenvalue weighted by Crippen LogP contribution is -2.39. The molecule has 3 aromatic rings. The van der Waals surface area contributed by atoms with Crippen molar-refractivity contribution in [3.8, 4) is 5.75 Å². The molecular formula is C23H22N2O5S. The summed E-state index contributed by atoms with van der Waals surface area (Å²) in [5.74, 6) is 1.55. The molecule has 0 fully saturated rings. The zero-order valence-electron chi connectivity index (χ0n) is 17.7. The van der Waals surface area contributed by atoms with Crippen molar-refractivity contribution < 1.29 is 18.7 Å². The third-order valence-electron chi connectivity index (χ3n) is 4.98. The number of hydrogen-bond donors (Lipinski definition) is 0. The first-order valence-corrected chi connectivity index (χ1v) is 10.6. The zero-order valence-corrected chi connectivity index (χ0v) is 18.5. The van der Waals surface area contributed by atoms with Gasteiger partial charge in [0.05, 0.1) is 35.6 Å². The number of aromatic nitrogens is 1. The van der Waals surface area contributed by atoms with Gasteiger partial charge in [-0.25, -0.2) is 9.79 Å². The predicted octanol–water partition coefficient (Wildman–Crippen LogP) is 2.71. The molecule has 1 aliphatic heterocycles. The standard InChI is InChI=1S/C23H22N2O5S/c1-5-29-22(27)19-14(3)24-23-25(20(19)15-7-10-16(28-4)11-8-15)21(26)18(31-23)12-17-9-6-13(2)30-17/h6-12,20H,5H2,1-4H3/t20-/m1/s1. The summed E-state index contributed by atoms with van der Waals surface area (Å²) in [7, 11) is 1.59. The van der Waals surface area contributed by atoms with E-state index in [0.29, 0.717) is 32.1 Å². The van der Waals surface area contributed by atoms with Crippen molar-refractivity contribution in [3.63, 3.8) is 0 Å². The number of thiazole rings is 1. The molecule has 0 N–H and O–H groups in total. The Morgan fingerprint density at radius 3 is 2.58 bits per heavy atom. The molecule has 0 spiro atoms. The van der Waals surface area contributed by atoms with Crippen LogP contribution in [-0.4, -0.2) is 24.3 Å². The SMILES string of the molecule is CCOC(=O)C1=C(C)N=c2sc(=Cc3ccc(C)o3)c(=O)n2[C@@H]1c1ccc(OC)cc1.